The van der Waals surface area contributed by atoms with E-state index in [2.05, 4.69) is 0 Å². The second-order valence-corrected chi connectivity index (χ2v) is 7.56. The minimum absolute atomic E-state index is 0.0456. The van der Waals surface area contributed by atoms with Crippen LogP contribution in [0.4, 0.5) is 0 Å². The van der Waals surface area contributed by atoms with Crippen LogP contribution in [0.25, 0.3) is 0 Å². The van der Waals surface area contributed by atoms with E-state index in [0.29, 0.717) is 26.2 Å². The van der Waals surface area contributed by atoms with Gasteiger partial charge in [-0.1, -0.05) is 0 Å². The molecule has 0 aromatic heterocycles. The Morgan fingerprint density at radius 2 is 2.00 bits per heavy atom. The molecule has 0 aromatic carbocycles. The van der Waals surface area contributed by atoms with E-state index in [1.54, 1.807) is 4.90 Å². The summed E-state index contributed by atoms with van der Waals surface area (Å²) >= 11 is 0. The molecular formula is C12H22N2O4S. The molecule has 2 fully saturated rings. The van der Waals surface area contributed by atoms with Crippen molar-refractivity contribution in [3.05, 3.63) is 0 Å². The molecule has 0 aromatic rings. The second-order valence-electron chi connectivity index (χ2n) is 5.58. The highest BCUT2D eigenvalue weighted by Crippen LogP contribution is 2.24. The Kier molecular flexibility index (Phi) is 4.47. The number of carbonyl (C=O) groups excluding carboxylic acids is 1. The van der Waals surface area contributed by atoms with Crippen LogP contribution in [0, 0.1) is 11.8 Å². The Balaban J connectivity index is 1.96. The molecule has 0 saturated carbocycles. The van der Waals surface area contributed by atoms with Crippen molar-refractivity contribution in [3.63, 3.8) is 0 Å². The SMILES string of the molecule is CS(=O)(=O)N1CCCC(C(=O)N2CCC(CO)C2)C1. The van der Waals surface area contributed by atoms with Gasteiger partial charge in [-0.2, -0.15) is 0 Å². The summed E-state index contributed by atoms with van der Waals surface area (Å²) in [4.78, 5) is 14.1. The molecule has 110 valence electrons. The number of piperidine rings is 1. The number of amides is 1. The highest BCUT2D eigenvalue weighted by Gasteiger charge is 2.35. The third-order valence-electron chi connectivity index (χ3n) is 4.06. The monoisotopic (exact) mass is 290 g/mol. The number of likely N-dealkylation sites (tertiary alicyclic amines) is 1. The van der Waals surface area contributed by atoms with Crippen LogP contribution in [-0.2, 0) is 14.8 Å². The summed E-state index contributed by atoms with van der Waals surface area (Å²) in [6.07, 6.45) is 3.52. The first-order valence-corrected chi connectivity index (χ1v) is 8.61. The van der Waals surface area contributed by atoms with Gasteiger partial charge in [0.25, 0.3) is 0 Å². The van der Waals surface area contributed by atoms with Crippen molar-refractivity contribution in [3.8, 4) is 0 Å². The number of hydrogen-bond donors (Lipinski definition) is 1. The van der Waals surface area contributed by atoms with Crippen LogP contribution in [0.1, 0.15) is 19.3 Å². The van der Waals surface area contributed by atoms with E-state index < -0.39 is 10.0 Å². The summed E-state index contributed by atoms with van der Waals surface area (Å²) in [6.45, 7) is 2.22. The van der Waals surface area contributed by atoms with Crippen molar-refractivity contribution < 1.29 is 18.3 Å². The highest BCUT2D eigenvalue weighted by atomic mass is 32.2. The zero-order chi connectivity index (χ0) is 14.0. The number of aliphatic hydroxyl groups excluding tert-OH is 1. The molecule has 2 aliphatic rings. The summed E-state index contributed by atoms with van der Waals surface area (Å²) in [5, 5.41) is 9.10. The quantitative estimate of drug-likeness (QED) is 0.760. The van der Waals surface area contributed by atoms with Gasteiger partial charge in [-0.25, -0.2) is 12.7 Å². The molecule has 6 nitrogen and oxygen atoms in total. The number of rotatable bonds is 3. The van der Waals surface area contributed by atoms with Crippen LogP contribution >= 0.6 is 0 Å². The van der Waals surface area contributed by atoms with Crippen molar-refractivity contribution in [2.75, 3.05) is 39.0 Å². The third kappa shape index (κ3) is 3.46. The lowest BCUT2D eigenvalue weighted by Gasteiger charge is -2.32. The summed E-state index contributed by atoms with van der Waals surface area (Å²) in [6, 6.07) is 0. The molecule has 2 heterocycles. The average Bonchev–Trinajstić information content (AvgIpc) is 2.86. The van der Waals surface area contributed by atoms with E-state index in [4.69, 9.17) is 5.11 Å². The molecule has 2 rings (SSSR count). The fraction of sp³-hybridized carbons (Fsp3) is 0.917. The van der Waals surface area contributed by atoms with Crippen molar-refractivity contribution >= 4 is 15.9 Å². The van der Waals surface area contributed by atoms with Gasteiger partial charge >= 0.3 is 0 Å². The Morgan fingerprint density at radius 3 is 2.58 bits per heavy atom. The number of nitrogens with zero attached hydrogens (tertiary/aromatic N) is 2. The summed E-state index contributed by atoms with van der Waals surface area (Å²) in [5.74, 6) is 0.00349. The van der Waals surface area contributed by atoms with Gasteiger partial charge in [0.15, 0.2) is 0 Å². The topological polar surface area (TPSA) is 77.9 Å². The smallest absolute Gasteiger partial charge is 0.227 e. The van der Waals surface area contributed by atoms with E-state index in [1.165, 1.54) is 10.6 Å². The van der Waals surface area contributed by atoms with Gasteiger partial charge in [0.2, 0.25) is 15.9 Å². The van der Waals surface area contributed by atoms with Crippen LogP contribution < -0.4 is 0 Å². The van der Waals surface area contributed by atoms with E-state index >= 15 is 0 Å². The number of carbonyl (C=O) groups is 1. The summed E-state index contributed by atoms with van der Waals surface area (Å²) in [7, 11) is -3.21. The molecule has 2 unspecified atom stereocenters. The molecule has 1 N–H and O–H groups in total. The lowest BCUT2D eigenvalue weighted by molar-refractivity contribution is -0.135. The molecule has 2 atom stereocenters. The maximum absolute atomic E-state index is 12.4. The standard InChI is InChI=1S/C12H22N2O4S/c1-19(17,18)14-5-2-3-11(8-14)12(16)13-6-4-10(7-13)9-15/h10-11,15H,2-9H2,1H3. The van der Waals surface area contributed by atoms with Crippen LogP contribution in [0.15, 0.2) is 0 Å². The first-order chi connectivity index (χ1) is 8.91. The van der Waals surface area contributed by atoms with E-state index in [9.17, 15) is 13.2 Å². The Morgan fingerprint density at radius 1 is 1.26 bits per heavy atom. The van der Waals surface area contributed by atoms with Crippen LogP contribution in [-0.4, -0.2) is 67.7 Å². The molecule has 2 saturated heterocycles. The Labute approximate surface area is 114 Å². The molecule has 2 aliphatic heterocycles. The largest absolute Gasteiger partial charge is 0.396 e. The minimum atomic E-state index is -3.21. The van der Waals surface area contributed by atoms with Gasteiger partial charge in [-0.05, 0) is 19.3 Å². The predicted octanol–water partition coefficient (Wildman–Crippen LogP) is -0.501. The molecular weight excluding hydrogens is 268 g/mol. The third-order valence-corrected chi connectivity index (χ3v) is 5.33. The number of aliphatic hydroxyl groups is 1. The number of hydrogen-bond acceptors (Lipinski definition) is 4. The predicted molar refractivity (Wildman–Crippen MR) is 70.9 cm³/mol. The van der Waals surface area contributed by atoms with Gasteiger partial charge < -0.3 is 10.0 Å². The molecule has 0 spiro atoms. The van der Waals surface area contributed by atoms with Gasteiger partial charge in [-0.15, -0.1) is 0 Å². The average molecular weight is 290 g/mol. The summed E-state index contributed by atoms with van der Waals surface area (Å²) in [5.41, 5.74) is 0. The van der Waals surface area contributed by atoms with Crippen molar-refractivity contribution in [2.24, 2.45) is 11.8 Å². The molecule has 7 heteroatoms. The van der Waals surface area contributed by atoms with E-state index in [0.717, 1.165) is 19.3 Å². The van der Waals surface area contributed by atoms with Gasteiger partial charge in [-0.3, -0.25) is 4.79 Å². The first-order valence-electron chi connectivity index (χ1n) is 6.76. The molecule has 0 aliphatic carbocycles. The van der Waals surface area contributed by atoms with Crippen LogP contribution in [0.5, 0.6) is 0 Å². The fourth-order valence-corrected chi connectivity index (χ4v) is 3.80. The van der Waals surface area contributed by atoms with E-state index in [-0.39, 0.29) is 24.3 Å². The lowest BCUT2D eigenvalue weighted by atomic mass is 9.98. The van der Waals surface area contributed by atoms with Crippen molar-refractivity contribution in [2.45, 2.75) is 19.3 Å². The zero-order valence-electron chi connectivity index (χ0n) is 11.3. The van der Waals surface area contributed by atoms with Crippen molar-refractivity contribution in [1.29, 1.82) is 0 Å². The highest BCUT2D eigenvalue weighted by molar-refractivity contribution is 7.88. The second kappa shape index (κ2) is 5.76. The molecule has 0 bridgehead atoms. The van der Waals surface area contributed by atoms with Crippen LogP contribution in [0.3, 0.4) is 0 Å². The Hall–Kier alpha value is -0.660. The summed E-state index contributed by atoms with van der Waals surface area (Å²) < 4.78 is 24.5. The fourth-order valence-electron chi connectivity index (χ4n) is 2.89. The lowest BCUT2D eigenvalue weighted by Crippen LogP contribution is -2.46. The first kappa shape index (κ1) is 14.7. The maximum atomic E-state index is 12.4. The van der Waals surface area contributed by atoms with Gasteiger partial charge in [0.1, 0.15) is 0 Å². The van der Waals surface area contributed by atoms with Gasteiger partial charge in [0.05, 0.1) is 12.2 Å². The maximum Gasteiger partial charge on any atom is 0.227 e. The molecule has 0 radical (unpaired) electrons. The van der Waals surface area contributed by atoms with E-state index in [1.807, 2.05) is 0 Å². The van der Waals surface area contributed by atoms with Crippen molar-refractivity contribution in [1.82, 2.24) is 9.21 Å². The zero-order valence-corrected chi connectivity index (χ0v) is 12.1. The molecule has 1 amide bonds. The Bertz CT molecular complexity index is 437. The number of sulfonamides is 1. The minimum Gasteiger partial charge on any atom is -0.396 e. The normalized spacial score (nSPS) is 29.7. The van der Waals surface area contributed by atoms with Gasteiger partial charge in [0, 0.05) is 38.7 Å². The molecule has 19 heavy (non-hydrogen) atoms. The van der Waals surface area contributed by atoms with Crippen LogP contribution in [0.2, 0.25) is 0 Å².